The van der Waals surface area contributed by atoms with Gasteiger partial charge in [0.05, 0.1) is 23.7 Å². The molecule has 3 rings (SSSR count). The Labute approximate surface area is 159 Å². The number of nitrogens with one attached hydrogen (secondary N) is 2. The van der Waals surface area contributed by atoms with Gasteiger partial charge >= 0.3 is 0 Å². The Morgan fingerprint density at radius 1 is 1.17 bits per heavy atom. The van der Waals surface area contributed by atoms with Crippen LogP contribution in [0.1, 0.15) is 10.6 Å². The summed E-state index contributed by atoms with van der Waals surface area (Å²) in [6.45, 7) is 1.33. The van der Waals surface area contributed by atoms with Gasteiger partial charge in [0.1, 0.15) is 6.26 Å². The van der Waals surface area contributed by atoms with Crippen LogP contribution >= 0.6 is 46.7 Å². The molecule has 8 heteroatoms. The molecule has 0 aliphatic carbocycles. The molecule has 0 radical (unpaired) electrons. The molecular formula is C15H17IN4OS2. The van der Waals surface area contributed by atoms with Gasteiger partial charge < -0.3 is 15.1 Å². The van der Waals surface area contributed by atoms with Crippen molar-refractivity contribution in [3.63, 3.8) is 0 Å². The summed E-state index contributed by atoms with van der Waals surface area (Å²) in [5, 5.41) is 10.6. The summed E-state index contributed by atoms with van der Waals surface area (Å²) >= 11 is 3.33. The van der Waals surface area contributed by atoms with E-state index in [0.717, 1.165) is 23.1 Å². The second kappa shape index (κ2) is 9.04. The summed E-state index contributed by atoms with van der Waals surface area (Å²) in [6, 6.07) is 8.11. The molecule has 3 heterocycles. The van der Waals surface area contributed by atoms with Gasteiger partial charge in [-0.15, -0.1) is 46.7 Å². The van der Waals surface area contributed by atoms with Gasteiger partial charge in [-0.25, -0.2) is 4.98 Å². The van der Waals surface area contributed by atoms with Gasteiger partial charge in [-0.05, 0) is 22.9 Å². The number of hydrogen-bond donors (Lipinski definition) is 2. The Hall–Kier alpha value is -1.39. The predicted octanol–water partition coefficient (Wildman–Crippen LogP) is 3.95. The number of aromatic nitrogens is 1. The minimum atomic E-state index is 0. The van der Waals surface area contributed by atoms with E-state index in [1.807, 2.05) is 23.6 Å². The van der Waals surface area contributed by atoms with E-state index in [2.05, 4.69) is 32.1 Å². The number of rotatable bonds is 5. The quantitative estimate of drug-likeness (QED) is 0.344. The molecule has 0 amide bonds. The molecule has 0 spiro atoms. The molecule has 0 unspecified atom stereocenters. The van der Waals surface area contributed by atoms with Crippen molar-refractivity contribution in [3.8, 4) is 10.8 Å². The van der Waals surface area contributed by atoms with E-state index in [1.165, 1.54) is 4.88 Å². The molecular weight excluding hydrogens is 443 g/mol. The maximum atomic E-state index is 5.49. The largest absolute Gasteiger partial charge is 0.443 e. The lowest BCUT2D eigenvalue weighted by Gasteiger charge is -2.09. The molecule has 0 atom stereocenters. The van der Waals surface area contributed by atoms with E-state index in [0.29, 0.717) is 12.4 Å². The van der Waals surface area contributed by atoms with Crippen LogP contribution in [-0.4, -0.2) is 18.0 Å². The lowest BCUT2D eigenvalue weighted by Crippen LogP contribution is -2.36. The minimum Gasteiger partial charge on any atom is -0.443 e. The normalized spacial score (nSPS) is 11.1. The van der Waals surface area contributed by atoms with Gasteiger partial charge in [0, 0.05) is 11.9 Å². The Morgan fingerprint density at radius 3 is 2.65 bits per heavy atom. The highest BCUT2D eigenvalue weighted by atomic mass is 127. The molecule has 2 N–H and O–H groups in total. The van der Waals surface area contributed by atoms with Crippen molar-refractivity contribution in [3.05, 3.63) is 51.9 Å². The summed E-state index contributed by atoms with van der Waals surface area (Å²) in [6.07, 6.45) is 1.68. The fourth-order valence-corrected chi connectivity index (χ4v) is 3.18. The number of thiophene rings is 2. The molecule has 0 aliphatic rings. The molecule has 0 saturated heterocycles. The Bertz CT molecular complexity index is 723. The third-order valence-corrected chi connectivity index (χ3v) is 4.69. The number of oxazole rings is 1. The number of hydrogen-bond acceptors (Lipinski definition) is 5. The standard InChI is InChI=1S/C15H16N4OS2.HI/c1-16-15(18-9-12-4-2-6-21-12)17-8-11-10-20-14(19-11)13-5-3-7-22-13;/h2-7,10H,8-9H2,1H3,(H2,16,17,18);1H. The van der Waals surface area contributed by atoms with Crippen LogP contribution in [0.4, 0.5) is 0 Å². The van der Waals surface area contributed by atoms with Crippen LogP contribution in [0, 0.1) is 0 Å². The summed E-state index contributed by atoms with van der Waals surface area (Å²) in [7, 11) is 1.75. The Balaban J connectivity index is 0.00000192. The molecule has 122 valence electrons. The van der Waals surface area contributed by atoms with Crippen molar-refractivity contribution in [2.75, 3.05) is 7.05 Å². The van der Waals surface area contributed by atoms with Crippen molar-refractivity contribution >= 4 is 52.6 Å². The second-order valence-corrected chi connectivity index (χ2v) is 6.46. The molecule has 5 nitrogen and oxygen atoms in total. The van der Waals surface area contributed by atoms with E-state index < -0.39 is 0 Å². The first-order valence-corrected chi connectivity index (χ1v) is 8.56. The number of aliphatic imine (C=N–C) groups is 1. The minimum absolute atomic E-state index is 0. The predicted molar refractivity (Wildman–Crippen MR) is 107 cm³/mol. The summed E-state index contributed by atoms with van der Waals surface area (Å²) in [5.41, 5.74) is 0.850. The summed E-state index contributed by atoms with van der Waals surface area (Å²) < 4.78 is 5.49. The maximum Gasteiger partial charge on any atom is 0.236 e. The van der Waals surface area contributed by atoms with Gasteiger partial charge in [0.15, 0.2) is 5.96 Å². The maximum absolute atomic E-state index is 5.49. The first-order valence-electron chi connectivity index (χ1n) is 6.80. The third kappa shape index (κ3) is 5.05. The topological polar surface area (TPSA) is 62.5 Å². The third-order valence-electron chi connectivity index (χ3n) is 2.95. The molecule has 0 aliphatic heterocycles. The van der Waals surface area contributed by atoms with Crippen LogP contribution in [0.3, 0.4) is 0 Å². The van der Waals surface area contributed by atoms with E-state index in [9.17, 15) is 0 Å². The Kier molecular flexibility index (Phi) is 7.06. The smallest absolute Gasteiger partial charge is 0.236 e. The van der Waals surface area contributed by atoms with Crippen molar-refractivity contribution in [1.82, 2.24) is 15.6 Å². The molecule has 23 heavy (non-hydrogen) atoms. The van der Waals surface area contributed by atoms with Gasteiger partial charge in [-0.1, -0.05) is 12.1 Å². The van der Waals surface area contributed by atoms with Crippen molar-refractivity contribution in [1.29, 1.82) is 0 Å². The van der Waals surface area contributed by atoms with Gasteiger partial charge in [0.2, 0.25) is 5.89 Å². The highest BCUT2D eigenvalue weighted by molar-refractivity contribution is 14.0. The highest BCUT2D eigenvalue weighted by Crippen LogP contribution is 2.23. The van der Waals surface area contributed by atoms with Crippen molar-refractivity contribution in [2.45, 2.75) is 13.1 Å². The van der Waals surface area contributed by atoms with Crippen LogP contribution in [-0.2, 0) is 13.1 Å². The Morgan fingerprint density at radius 2 is 1.96 bits per heavy atom. The van der Waals surface area contributed by atoms with E-state index in [1.54, 1.807) is 36.0 Å². The number of halogens is 1. The molecule has 3 aromatic heterocycles. The molecule has 0 fully saturated rings. The fraction of sp³-hybridized carbons (Fsp3) is 0.200. The molecule has 0 aromatic carbocycles. The zero-order chi connectivity index (χ0) is 15.2. The zero-order valence-corrected chi connectivity index (χ0v) is 16.4. The summed E-state index contributed by atoms with van der Waals surface area (Å²) in [5.74, 6) is 1.41. The average molecular weight is 460 g/mol. The van der Waals surface area contributed by atoms with Crippen molar-refractivity contribution in [2.24, 2.45) is 4.99 Å². The lowest BCUT2D eigenvalue weighted by atomic mass is 10.4. The second-order valence-electron chi connectivity index (χ2n) is 4.48. The average Bonchev–Trinajstić information content (AvgIpc) is 3.29. The van der Waals surface area contributed by atoms with Crippen LogP contribution in [0.2, 0.25) is 0 Å². The molecule has 3 aromatic rings. The van der Waals surface area contributed by atoms with Crippen molar-refractivity contribution < 1.29 is 4.42 Å². The fourth-order valence-electron chi connectivity index (χ4n) is 1.88. The van der Waals surface area contributed by atoms with E-state index in [4.69, 9.17) is 4.42 Å². The first-order chi connectivity index (χ1) is 10.8. The zero-order valence-electron chi connectivity index (χ0n) is 12.5. The SMILES string of the molecule is CN=C(NCc1coc(-c2cccs2)n1)NCc1cccs1.I. The molecule has 0 bridgehead atoms. The highest BCUT2D eigenvalue weighted by Gasteiger charge is 2.08. The van der Waals surface area contributed by atoms with E-state index in [-0.39, 0.29) is 24.0 Å². The molecule has 0 saturated carbocycles. The van der Waals surface area contributed by atoms with Crippen LogP contribution in [0.25, 0.3) is 10.8 Å². The summed E-state index contributed by atoms with van der Waals surface area (Å²) in [4.78, 5) is 11.0. The lowest BCUT2D eigenvalue weighted by molar-refractivity contribution is 0.573. The number of guanidine groups is 1. The van der Waals surface area contributed by atoms with Gasteiger partial charge in [0.25, 0.3) is 0 Å². The first kappa shape index (κ1) is 18.0. The van der Waals surface area contributed by atoms with E-state index >= 15 is 0 Å². The van der Waals surface area contributed by atoms with Gasteiger partial charge in [-0.2, -0.15) is 0 Å². The monoisotopic (exact) mass is 460 g/mol. The van der Waals surface area contributed by atoms with Crippen LogP contribution < -0.4 is 10.6 Å². The number of nitrogens with zero attached hydrogens (tertiary/aromatic N) is 2. The van der Waals surface area contributed by atoms with Gasteiger partial charge in [-0.3, -0.25) is 4.99 Å². The van der Waals surface area contributed by atoms with Crippen LogP contribution in [0.15, 0.2) is 50.7 Å². The van der Waals surface area contributed by atoms with Crippen LogP contribution in [0.5, 0.6) is 0 Å².